The minimum absolute atomic E-state index is 0.178. The van der Waals surface area contributed by atoms with E-state index in [9.17, 15) is 14.0 Å². The first-order valence-electron chi connectivity index (χ1n) is 9.11. The number of anilines is 1. The van der Waals surface area contributed by atoms with Crippen LogP contribution < -0.4 is 10.9 Å². The molecule has 4 aromatic rings. The van der Waals surface area contributed by atoms with Gasteiger partial charge in [0.25, 0.3) is 5.56 Å². The lowest BCUT2D eigenvalue weighted by atomic mass is 10.2. The van der Waals surface area contributed by atoms with Gasteiger partial charge in [0.1, 0.15) is 18.0 Å². The second kappa shape index (κ2) is 7.74. The Hall–Kier alpha value is -4.08. The van der Waals surface area contributed by atoms with Gasteiger partial charge < -0.3 is 5.32 Å². The fourth-order valence-electron chi connectivity index (χ4n) is 3.07. The van der Waals surface area contributed by atoms with Gasteiger partial charge in [0.05, 0.1) is 11.4 Å². The van der Waals surface area contributed by atoms with Crippen LogP contribution in [0.1, 0.15) is 5.69 Å². The summed E-state index contributed by atoms with van der Waals surface area (Å²) in [6.07, 6.45) is 0. The van der Waals surface area contributed by atoms with Crippen molar-refractivity contribution < 1.29 is 9.18 Å². The second-order valence-corrected chi connectivity index (χ2v) is 6.64. The van der Waals surface area contributed by atoms with Crippen LogP contribution in [-0.4, -0.2) is 35.5 Å². The molecule has 0 atom stereocenters. The van der Waals surface area contributed by atoms with E-state index < -0.39 is 11.7 Å². The van der Waals surface area contributed by atoms with Crippen LogP contribution in [0.2, 0.25) is 0 Å². The fraction of sp³-hybridized carbons (Fsp3) is 0.150. The third kappa shape index (κ3) is 3.62. The molecule has 10 heteroatoms. The molecule has 2 aromatic heterocycles. The van der Waals surface area contributed by atoms with Crippen molar-refractivity contribution in [2.45, 2.75) is 13.5 Å². The van der Waals surface area contributed by atoms with E-state index in [0.29, 0.717) is 16.9 Å². The van der Waals surface area contributed by atoms with Crippen molar-refractivity contribution in [1.82, 2.24) is 29.6 Å². The van der Waals surface area contributed by atoms with E-state index in [0.717, 1.165) is 4.80 Å². The average molecular weight is 407 g/mol. The summed E-state index contributed by atoms with van der Waals surface area (Å²) in [6.45, 7) is 1.49. The number of nitrogens with zero attached hydrogens (tertiary/aromatic N) is 6. The first kappa shape index (κ1) is 19.2. The number of tetrazole rings is 1. The summed E-state index contributed by atoms with van der Waals surface area (Å²) in [4.78, 5) is 26.4. The van der Waals surface area contributed by atoms with Crippen LogP contribution in [0, 0.1) is 12.7 Å². The molecule has 1 N–H and O–H groups in total. The number of halogens is 1. The third-order valence-corrected chi connectivity index (χ3v) is 4.64. The van der Waals surface area contributed by atoms with Gasteiger partial charge >= 0.3 is 0 Å². The zero-order valence-electron chi connectivity index (χ0n) is 16.3. The lowest BCUT2D eigenvalue weighted by Gasteiger charge is -2.07. The summed E-state index contributed by atoms with van der Waals surface area (Å²) in [5, 5.41) is 14.4. The Morgan fingerprint density at radius 3 is 2.63 bits per heavy atom. The first-order chi connectivity index (χ1) is 14.4. The minimum Gasteiger partial charge on any atom is -0.318 e. The van der Waals surface area contributed by atoms with Crippen LogP contribution in [0.15, 0.2) is 59.4 Å². The number of benzene rings is 2. The molecule has 0 unspecified atom stereocenters. The van der Waals surface area contributed by atoms with Crippen LogP contribution in [-0.2, 0) is 18.4 Å². The summed E-state index contributed by atoms with van der Waals surface area (Å²) < 4.78 is 16.5. The Balaban J connectivity index is 1.54. The van der Waals surface area contributed by atoms with Crippen LogP contribution >= 0.6 is 0 Å². The number of hydrogen-bond donors (Lipinski definition) is 1. The summed E-state index contributed by atoms with van der Waals surface area (Å²) in [5.41, 5.74) is 1.57. The number of nitrogens with one attached hydrogen (secondary N) is 1. The van der Waals surface area contributed by atoms with E-state index in [1.807, 2.05) is 18.2 Å². The Kier molecular flexibility index (Phi) is 4.97. The minimum atomic E-state index is -0.482. The predicted molar refractivity (Wildman–Crippen MR) is 108 cm³/mol. The van der Waals surface area contributed by atoms with Gasteiger partial charge in [0.15, 0.2) is 0 Å². The molecule has 0 fully saturated rings. The molecule has 2 aromatic carbocycles. The quantitative estimate of drug-likeness (QED) is 0.545. The second-order valence-electron chi connectivity index (χ2n) is 6.64. The van der Waals surface area contributed by atoms with Crippen LogP contribution in [0.5, 0.6) is 0 Å². The lowest BCUT2D eigenvalue weighted by Crippen LogP contribution is -2.25. The molecule has 4 rings (SSSR count). The Bertz CT molecular complexity index is 1270. The summed E-state index contributed by atoms with van der Waals surface area (Å²) in [5.74, 6) is -0.704. The highest BCUT2D eigenvalue weighted by Crippen LogP contribution is 2.15. The van der Waals surface area contributed by atoms with Crippen LogP contribution in [0.3, 0.4) is 0 Å². The van der Waals surface area contributed by atoms with Gasteiger partial charge in [-0.25, -0.2) is 9.07 Å². The number of hydrogen-bond acceptors (Lipinski definition) is 5. The zero-order valence-corrected chi connectivity index (χ0v) is 16.3. The average Bonchev–Trinajstić information content (AvgIpc) is 3.27. The van der Waals surface area contributed by atoms with E-state index in [1.165, 1.54) is 22.9 Å². The maximum atomic E-state index is 13.4. The topological polar surface area (TPSA) is 99.6 Å². The standard InChI is InChI=1S/C20H18FN7O2/c1-13-18(20(30)28(26(13)2)16-9-4-3-5-10-16)22-17(29)12-27-24-19(23-25-27)14-7-6-8-15(21)11-14/h3-11H,12H2,1-2H3,(H,22,29). The SMILES string of the molecule is Cc1c(NC(=O)Cn2nnc(-c3cccc(F)c3)n2)c(=O)n(-c2ccccc2)n1C. The molecule has 0 radical (unpaired) electrons. The number of carbonyl (C=O) groups is 1. The molecular formula is C20H18FN7O2. The molecule has 0 bridgehead atoms. The molecule has 0 saturated carbocycles. The molecule has 152 valence electrons. The maximum Gasteiger partial charge on any atom is 0.295 e. The number of rotatable bonds is 5. The van der Waals surface area contributed by atoms with Crippen LogP contribution in [0.4, 0.5) is 10.1 Å². The highest BCUT2D eigenvalue weighted by molar-refractivity contribution is 5.90. The number of para-hydroxylation sites is 1. The van der Waals surface area contributed by atoms with Gasteiger partial charge in [-0.2, -0.15) is 4.80 Å². The van der Waals surface area contributed by atoms with Gasteiger partial charge in [-0.1, -0.05) is 30.3 Å². The maximum absolute atomic E-state index is 13.4. The van der Waals surface area contributed by atoms with Crippen LogP contribution in [0.25, 0.3) is 17.1 Å². The van der Waals surface area contributed by atoms with Gasteiger partial charge in [-0.05, 0) is 36.4 Å². The molecule has 1 amide bonds. The predicted octanol–water partition coefficient (Wildman–Crippen LogP) is 1.92. The fourth-order valence-corrected chi connectivity index (χ4v) is 3.07. The van der Waals surface area contributed by atoms with Crippen molar-refractivity contribution in [2.24, 2.45) is 7.05 Å². The van der Waals surface area contributed by atoms with Gasteiger partial charge in [-0.15, -0.1) is 10.2 Å². The third-order valence-electron chi connectivity index (χ3n) is 4.64. The molecule has 2 heterocycles. The Labute approximate surface area is 170 Å². The summed E-state index contributed by atoms with van der Waals surface area (Å²) >= 11 is 0. The van der Waals surface area contributed by atoms with E-state index in [-0.39, 0.29) is 23.6 Å². The smallest absolute Gasteiger partial charge is 0.295 e. The molecule has 0 aliphatic heterocycles. The summed E-state index contributed by atoms with van der Waals surface area (Å²) in [6, 6.07) is 14.9. The Morgan fingerprint density at radius 1 is 1.13 bits per heavy atom. The van der Waals surface area contributed by atoms with Gasteiger partial charge in [0, 0.05) is 12.6 Å². The first-order valence-corrected chi connectivity index (χ1v) is 9.11. The van der Waals surface area contributed by atoms with E-state index >= 15 is 0 Å². The molecule has 9 nitrogen and oxygen atoms in total. The van der Waals surface area contributed by atoms with Crippen molar-refractivity contribution in [3.05, 3.63) is 76.5 Å². The molecule has 0 aliphatic rings. The molecular weight excluding hydrogens is 389 g/mol. The van der Waals surface area contributed by atoms with E-state index in [1.54, 1.807) is 36.9 Å². The summed E-state index contributed by atoms with van der Waals surface area (Å²) in [7, 11) is 1.74. The number of aromatic nitrogens is 6. The van der Waals surface area contributed by atoms with Crippen molar-refractivity contribution in [3.8, 4) is 17.1 Å². The Morgan fingerprint density at radius 2 is 1.90 bits per heavy atom. The van der Waals surface area contributed by atoms with Crippen molar-refractivity contribution >= 4 is 11.6 Å². The van der Waals surface area contributed by atoms with E-state index in [4.69, 9.17) is 0 Å². The van der Waals surface area contributed by atoms with Crippen molar-refractivity contribution in [1.29, 1.82) is 0 Å². The zero-order chi connectivity index (χ0) is 21.3. The highest BCUT2D eigenvalue weighted by Gasteiger charge is 2.19. The highest BCUT2D eigenvalue weighted by atomic mass is 19.1. The molecule has 0 aliphatic carbocycles. The molecule has 0 saturated heterocycles. The molecule has 30 heavy (non-hydrogen) atoms. The normalized spacial score (nSPS) is 10.9. The van der Waals surface area contributed by atoms with Crippen molar-refractivity contribution in [3.63, 3.8) is 0 Å². The number of amides is 1. The van der Waals surface area contributed by atoms with Gasteiger partial charge in [0.2, 0.25) is 11.7 Å². The van der Waals surface area contributed by atoms with E-state index in [2.05, 4.69) is 20.7 Å². The monoisotopic (exact) mass is 407 g/mol. The largest absolute Gasteiger partial charge is 0.318 e. The number of carbonyl (C=O) groups excluding carboxylic acids is 1. The molecule has 0 spiro atoms. The lowest BCUT2D eigenvalue weighted by molar-refractivity contribution is -0.117. The van der Waals surface area contributed by atoms with Gasteiger partial charge in [-0.3, -0.25) is 14.3 Å². The van der Waals surface area contributed by atoms with Crippen molar-refractivity contribution in [2.75, 3.05) is 5.32 Å².